The van der Waals surface area contributed by atoms with Gasteiger partial charge in [0.2, 0.25) is 0 Å². The lowest BCUT2D eigenvalue weighted by Crippen LogP contribution is -2.19. The second-order valence-electron chi connectivity index (χ2n) is 3.92. The number of hydrogen-bond acceptors (Lipinski definition) is 5. The van der Waals surface area contributed by atoms with Crippen molar-refractivity contribution in [2.75, 3.05) is 6.54 Å². The molecule has 0 bridgehead atoms. The van der Waals surface area contributed by atoms with Crippen LogP contribution in [0, 0.1) is 10.1 Å². The van der Waals surface area contributed by atoms with Gasteiger partial charge in [-0.2, -0.15) is 0 Å². The van der Waals surface area contributed by atoms with Crippen molar-refractivity contribution in [3.8, 4) is 0 Å². The molecule has 1 aromatic carbocycles. The van der Waals surface area contributed by atoms with E-state index in [1.807, 2.05) is 6.07 Å². The molecule has 2 rings (SSSR count). The molecule has 0 aliphatic heterocycles. The van der Waals surface area contributed by atoms with Crippen LogP contribution in [-0.4, -0.2) is 26.5 Å². The third-order valence-corrected chi connectivity index (χ3v) is 2.93. The summed E-state index contributed by atoms with van der Waals surface area (Å²) in [5, 5.41) is 21.5. The molecular formula is C11H12BrN5O2. The van der Waals surface area contributed by atoms with E-state index in [0.29, 0.717) is 24.1 Å². The Hall–Kier alpha value is -1.80. The van der Waals surface area contributed by atoms with Gasteiger partial charge in [0.05, 0.1) is 17.7 Å². The van der Waals surface area contributed by atoms with Crippen LogP contribution in [0.3, 0.4) is 0 Å². The minimum absolute atomic E-state index is 0.0856. The van der Waals surface area contributed by atoms with Gasteiger partial charge in [0.25, 0.3) is 5.69 Å². The number of rotatable bonds is 6. The quantitative estimate of drug-likeness (QED) is 0.496. The van der Waals surface area contributed by atoms with Crippen LogP contribution in [0.5, 0.6) is 0 Å². The molecule has 0 amide bonds. The Morgan fingerprint density at radius 2 is 2.26 bits per heavy atom. The number of nitrogens with zero attached hydrogens (tertiary/aromatic N) is 4. The maximum atomic E-state index is 10.7. The SMILES string of the molecule is O=[N+]([O-])c1cc(Br)cc(CNCCn2ccnn2)c1. The summed E-state index contributed by atoms with van der Waals surface area (Å²) in [6, 6.07) is 4.90. The van der Waals surface area contributed by atoms with Gasteiger partial charge >= 0.3 is 0 Å². The average Bonchev–Trinajstić information content (AvgIpc) is 2.87. The molecule has 1 heterocycles. The number of halogens is 1. The van der Waals surface area contributed by atoms with E-state index < -0.39 is 4.92 Å². The van der Waals surface area contributed by atoms with Crippen LogP contribution in [0.4, 0.5) is 5.69 Å². The molecular weight excluding hydrogens is 314 g/mol. The third-order valence-electron chi connectivity index (χ3n) is 2.47. The number of non-ortho nitro benzene ring substituents is 1. The second-order valence-corrected chi connectivity index (χ2v) is 4.83. The van der Waals surface area contributed by atoms with Crippen molar-refractivity contribution in [3.63, 3.8) is 0 Å². The Morgan fingerprint density at radius 3 is 2.95 bits per heavy atom. The molecule has 0 atom stereocenters. The highest BCUT2D eigenvalue weighted by Gasteiger charge is 2.08. The van der Waals surface area contributed by atoms with Crippen molar-refractivity contribution in [2.45, 2.75) is 13.1 Å². The van der Waals surface area contributed by atoms with E-state index in [0.717, 1.165) is 5.56 Å². The molecule has 1 aromatic heterocycles. The zero-order valence-electron chi connectivity index (χ0n) is 9.99. The molecule has 7 nitrogen and oxygen atoms in total. The van der Waals surface area contributed by atoms with Crippen LogP contribution in [-0.2, 0) is 13.1 Å². The fourth-order valence-corrected chi connectivity index (χ4v) is 2.15. The molecule has 0 radical (unpaired) electrons. The third kappa shape index (κ3) is 4.11. The molecule has 0 aliphatic carbocycles. The lowest BCUT2D eigenvalue weighted by molar-refractivity contribution is -0.385. The number of nitrogens with one attached hydrogen (secondary N) is 1. The molecule has 2 aromatic rings. The molecule has 0 spiro atoms. The van der Waals surface area contributed by atoms with Crippen molar-refractivity contribution in [3.05, 3.63) is 50.7 Å². The summed E-state index contributed by atoms with van der Waals surface area (Å²) >= 11 is 3.27. The van der Waals surface area contributed by atoms with Crippen LogP contribution in [0.15, 0.2) is 35.1 Å². The normalized spacial score (nSPS) is 10.6. The average molecular weight is 326 g/mol. The zero-order chi connectivity index (χ0) is 13.7. The Morgan fingerprint density at radius 1 is 1.42 bits per heavy atom. The monoisotopic (exact) mass is 325 g/mol. The van der Waals surface area contributed by atoms with Gasteiger partial charge in [0.1, 0.15) is 0 Å². The van der Waals surface area contributed by atoms with Crippen molar-refractivity contribution in [1.82, 2.24) is 20.3 Å². The van der Waals surface area contributed by atoms with Crippen molar-refractivity contribution in [1.29, 1.82) is 0 Å². The van der Waals surface area contributed by atoms with Gasteiger partial charge in [-0.1, -0.05) is 21.1 Å². The predicted molar refractivity (Wildman–Crippen MR) is 72.5 cm³/mol. The lowest BCUT2D eigenvalue weighted by atomic mass is 10.2. The Balaban J connectivity index is 1.87. The maximum absolute atomic E-state index is 10.7. The first kappa shape index (κ1) is 13.6. The van der Waals surface area contributed by atoms with Gasteiger partial charge in [-0.05, 0) is 11.6 Å². The molecule has 0 saturated carbocycles. The van der Waals surface area contributed by atoms with E-state index >= 15 is 0 Å². The van der Waals surface area contributed by atoms with Crippen LogP contribution in [0.1, 0.15) is 5.56 Å². The molecule has 0 fully saturated rings. The lowest BCUT2D eigenvalue weighted by Gasteiger charge is -2.05. The fraction of sp³-hybridized carbons (Fsp3) is 0.273. The second kappa shape index (κ2) is 6.39. The van der Waals surface area contributed by atoms with E-state index in [1.165, 1.54) is 6.07 Å². The first-order chi connectivity index (χ1) is 9.15. The van der Waals surface area contributed by atoms with Crippen LogP contribution in [0.25, 0.3) is 0 Å². The van der Waals surface area contributed by atoms with E-state index in [1.54, 1.807) is 23.1 Å². The van der Waals surface area contributed by atoms with Crippen molar-refractivity contribution in [2.24, 2.45) is 0 Å². The zero-order valence-corrected chi connectivity index (χ0v) is 11.6. The van der Waals surface area contributed by atoms with Crippen LogP contribution < -0.4 is 5.32 Å². The highest BCUT2D eigenvalue weighted by atomic mass is 79.9. The summed E-state index contributed by atoms with van der Waals surface area (Å²) in [6.07, 6.45) is 3.41. The number of nitro benzene ring substituents is 1. The van der Waals surface area contributed by atoms with Crippen LogP contribution in [0.2, 0.25) is 0 Å². The van der Waals surface area contributed by atoms with Gasteiger partial charge in [0, 0.05) is 35.9 Å². The molecule has 100 valence electrons. The molecule has 19 heavy (non-hydrogen) atoms. The minimum Gasteiger partial charge on any atom is -0.311 e. The van der Waals surface area contributed by atoms with E-state index in [-0.39, 0.29) is 5.69 Å². The minimum atomic E-state index is -0.399. The summed E-state index contributed by atoms with van der Waals surface area (Å²) in [7, 11) is 0. The fourth-order valence-electron chi connectivity index (χ4n) is 1.62. The molecule has 0 saturated heterocycles. The summed E-state index contributed by atoms with van der Waals surface area (Å²) < 4.78 is 2.42. The number of hydrogen-bond donors (Lipinski definition) is 1. The maximum Gasteiger partial charge on any atom is 0.270 e. The topological polar surface area (TPSA) is 85.9 Å². The summed E-state index contributed by atoms with van der Waals surface area (Å²) in [5.74, 6) is 0. The Bertz CT molecular complexity index is 558. The Kier molecular flexibility index (Phi) is 4.58. The summed E-state index contributed by atoms with van der Waals surface area (Å²) in [4.78, 5) is 10.3. The molecule has 1 N–H and O–H groups in total. The predicted octanol–water partition coefficient (Wildman–Crippen LogP) is 1.74. The standard InChI is InChI=1S/C11H12BrN5O2/c12-10-5-9(6-11(7-10)17(18)19)8-13-1-3-16-4-2-14-15-16/h2,4-7,13H,1,3,8H2. The van der Waals surface area contributed by atoms with Gasteiger partial charge in [-0.3, -0.25) is 14.8 Å². The smallest absolute Gasteiger partial charge is 0.270 e. The van der Waals surface area contributed by atoms with Gasteiger partial charge in [-0.25, -0.2) is 0 Å². The summed E-state index contributed by atoms with van der Waals surface area (Å²) in [5.41, 5.74) is 0.946. The number of benzene rings is 1. The molecule has 0 aliphatic rings. The highest BCUT2D eigenvalue weighted by molar-refractivity contribution is 9.10. The molecule has 8 heteroatoms. The molecule has 0 unspecified atom stereocenters. The summed E-state index contributed by atoms with van der Waals surface area (Å²) in [6.45, 7) is 1.98. The Labute approximate surface area is 117 Å². The van der Waals surface area contributed by atoms with Crippen molar-refractivity contribution < 1.29 is 4.92 Å². The van der Waals surface area contributed by atoms with Crippen LogP contribution >= 0.6 is 15.9 Å². The van der Waals surface area contributed by atoms with E-state index in [2.05, 4.69) is 31.6 Å². The number of nitro groups is 1. The van der Waals surface area contributed by atoms with Gasteiger partial charge in [-0.15, -0.1) is 5.10 Å². The van der Waals surface area contributed by atoms with E-state index in [4.69, 9.17) is 0 Å². The first-order valence-electron chi connectivity index (χ1n) is 5.64. The largest absolute Gasteiger partial charge is 0.311 e. The highest BCUT2D eigenvalue weighted by Crippen LogP contribution is 2.21. The van der Waals surface area contributed by atoms with Crippen molar-refractivity contribution >= 4 is 21.6 Å². The van der Waals surface area contributed by atoms with Gasteiger partial charge < -0.3 is 5.32 Å². The first-order valence-corrected chi connectivity index (χ1v) is 6.43. The van der Waals surface area contributed by atoms with E-state index in [9.17, 15) is 10.1 Å². The number of aromatic nitrogens is 3. The van der Waals surface area contributed by atoms with Gasteiger partial charge in [0.15, 0.2) is 0 Å².